The highest BCUT2D eigenvalue weighted by Gasteiger charge is 2.20. The summed E-state index contributed by atoms with van der Waals surface area (Å²) in [6, 6.07) is 6.79. The molecular weight excluding hydrogens is 348 g/mol. The predicted molar refractivity (Wildman–Crippen MR) is 97.9 cm³/mol. The van der Waals surface area contributed by atoms with Crippen LogP contribution in [0.5, 0.6) is 0 Å². The van der Waals surface area contributed by atoms with Crippen LogP contribution in [0.3, 0.4) is 0 Å². The van der Waals surface area contributed by atoms with Gasteiger partial charge in [0.05, 0.1) is 11.9 Å². The molecule has 0 aromatic heterocycles. The van der Waals surface area contributed by atoms with E-state index in [0.717, 1.165) is 31.9 Å². The SMILES string of the molecule is CS(=O)(=O)N(CCC(=O)NC1CCCCCC1)c1ccc(Cl)cc1. The number of hydrogen-bond acceptors (Lipinski definition) is 3. The van der Waals surface area contributed by atoms with Gasteiger partial charge in [0.1, 0.15) is 0 Å². The van der Waals surface area contributed by atoms with E-state index in [1.807, 2.05) is 0 Å². The zero-order valence-electron chi connectivity index (χ0n) is 14.0. The number of hydrogen-bond donors (Lipinski definition) is 1. The summed E-state index contributed by atoms with van der Waals surface area (Å²) in [7, 11) is -3.46. The van der Waals surface area contributed by atoms with E-state index in [-0.39, 0.29) is 24.9 Å². The van der Waals surface area contributed by atoms with Crippen molar-refractivity contribution in [3.63, 3.8) is 0 Å². The molecule has 0 heterocycles. The average molecular weight is 373 g/mol. The number of anilines is 1. The maximum atomic E-state index is 12.2. The van der Waals surface area contributed by atoms with E-state index in [1.165, 1.54) is 17.1 Å². The molecule has 0 unspecified atom stereocenters. The first-order chi connectivity index (χ1) is 11.4. The first-order valence-electron chi connectivity index (χ1n) is 8.39. The van der Waals surface area contributed by atoms with Crippen LogP contribution < -0.4 is 9.62 Å². The molecule has 0 bridgehead atoms. The number of amides is 1. The van der Waals surface area contributed by atoms with Crippen molar-refractivity contribution in [1.82, 2.24) is 5.32 Å². The molecule has 7 heteroatoms. The molecule has 1 aromatic carbocycles. The van der Waals surface area contributed by atoms with Crippen LogP contribution in [0, 0.1) is 0 Å². The first-order valence-corrected chi connectivity index (χ1v) is 10.6. The second-order valence-corrected chi connectivity index (χ2v) is 8.66. The summed E-state index contributed by atoms with van der Waals surface area (Å²) in [5, 5.41) is 3.58. The molecule has 0 saturated heterocycles. The van der Waals surface area contributed by atoms with Crippen molar-refractivity contribution in [3.05, 3.63) is 29.3 Å². The number of rotatable bonds is 6. The Morgan fingerprint density at radius 1 is 1.17 bits per heavy atom. The summed E-state index contributed by atoms with van der Waals surface area (Å²) in [5.74, 6) is -0.0930. The third kappa shape index (κ3) is 5.98. The quantitative estimate of drug-likeness (QED) is 0.779. The van der Waals surface area contributed by atoms with Crippen molar-refractivity contribution in [2.45, 2.75) is 51.0 Å². The minimum Gasteiger partial charge on any atom is -0.353 e. The number of halogens is 1. The minimum atomic E-state index is -3.46. The Bertz CT molecular complexity index is 638. The lowest BCUT2D eigenvalue weighted by atomic mass is 10.1. The van der Waals surface area contributed by atoms with Crippen molar-refractivity contribution in [2.75, 3.05) is 17.1 Å². The van der Waals surface area contributed by atoms with Crippen molar-refractivity contribution >= 4 is 33.2 Å². The van der Waals surface area contributed by atoms with E-state index in [1.54, 1.807) is 24.3 Å². The summed E-state index contributed by atoms with van der Waals surface area (Å²) in [5.41, 5.74) is 0.518. The van der Waals surface area contributed by atoms with Crippen LogP contribution in [0.15, 0.2) is 24.3 Å². The lowest BCUT2D eigenvalue weighted by molar-refractivity contribution is -0.121. The molecule has 1 amide bonds. The van der Waals surface area contributed by atoms with Crippen molar-refractivity contribution in [3.8, 4) is 0 Å². The molecule has 1 aromatic rings. The van der Waals surface area contributed by atoms with Gasteiger partial charge >= 0.3 is 0 Å². The van der Waals surface area contributed by atoms with Gasteiger partial charge in [-0.1, -0.05) is 37.3 Å². The van der Waals surface area contributed by atoms with Gasteiger partial charge < -0.3 is 5.32 Å². The Morgan fingerprint density at radius 2 is 1.75 bits per heavy atom. The van der Waals surface area contributed by atoms with Gasteiger partial charge in [0, 0.05) is 24.0 Å². The summed E-state index contributed by atoms with van der Waals surface area (Å²) < 4.78 is 25.3. The molecule has 0 aliphatic heterocycles. The van der Waals surface area contributed by atoms with Gasteiger partial charge in [-0.05, 0) is 37.1 Å². The number of nitrogens with one attached hydrogen (secondary N) is 1. The Morgan fingerprint density at radius 3 is 2.29 bits per heavy atom. The van der Waals surface area contributed by atoms with Crippen LogP contribution in [0.2, 0.25) is 5.02 Å². The van der Waals surface area contributed by atoms with E-state index >= 15 is 0 Å². The average Bonchev–Trinajstić information content (AvgIpc) is 2.76. The fourth-order valence-corrected chi connectivity index (χ4v) is 4.07. The summed E-state index contributed by atoms with van der Waals surface area (Å²) in [4.78, 5) is 12.2. The highest BCUT2D eigenvalue weighted by Crippen LogP contribution is 2.21. The predicted octanol–water partition coefficient (Wildman–Crippen LogP) is 3.34. The molecule has 0 spiro atoms. The Hall–Kier alpha value is -1.27. The molecule has 1 aliphatic rings. The molecule has 0 radical (unpaired) electrons. The third-order valence-electron chi connectivity index (χ3n) is 4.28. The van der Waals surface area contributed by atoms with E-state index in [4.69, 9.17) is 11.6 Å². The highest BCUT2D eigenvalue weighted by molar-refractivity contribution is 7.92. The van der Waals surface area contributed by atoms with Gasteiger partial charge in [0.15, 0.2) is 0 Å². The van der Waals surface area contributed by atoms with E-state index in [0.29, 0.717) is 10.7 Å². The van der Waals surface area contributed by atoms with Crippen LogP contribution in [0.1, 0.15) is 44.9 Å². The summed E-state index contributed by atoms with van der Waals surface area (Å²) in [6.07, 6.45) is 8.06. The minimum absolute atomic E-state index is 0.0930. The van der Waals surface area contributed by atoms with Gasteiger partial charge in [-0.15, -0.1) is 0 Å². The van der Waals surface area contributed by atoms with Gasteiger partial charge in [0.25, 0.3) is 0 Å². The Balaban J connectivity index is 1.95. The largest absolute Gasteiger partial charge is 0.353 e. The van der Waals surface area contributed by atoms with Crippen molar-refractivity contribution in [1.29, 1.82) is 0 Å². The molecule has 1 fully saturated rings. The second kappa shape index (κ2) is 8.72. The van der Waals surface area contributed by atoms with Gasteiger partial charge in [-0.2, -0.15) is 0 Å². The molecule has 5 nitrogen and oxygen atoms in total. The molecule has 2 rings (SSSR count). The number of benzene rings is 1. The van der Waals surface area contributed by atoms with Crippen molar-refractivity contribution < 1.29 is 13.2 Å². The van der Waals surface area contributed by atoms with Gasteiger partial charge in [-0.3, -0.25) is 9.10 Å². The number of sulfonamides is 1. The highest BCUT2D eigenvalue weighted by atomic mass is 35.5. The number of carbonyl (C=O) groups excluding carboxylic acids is 1. The Kier molecular flexibility index (Phi) is 6.92. The summed E-state index contributed by atoms with van der Waals surface area (Å²) >= 11 is 5.85. The molecule has 1 aliphatic carbocycles. The van der Waals surface area contributed by atoms with Gasteiger partial charge in [-0.25, -0.2) is 8.42 Å². The second-order valence-electron chi connectivity index (χ2n) is 6.32. The summed E-state index contributed by atoms with van der Waals surface area (Å²) in [6.45, 7) is 0.124. The molecule has 134 valence electrons. The first kappa shape index (κ1) is 19.1. The monoisotopic (exact) mass is 372 g/mol. The number of carbonyl (C=O) groups is 1. The standard InChI is InChI=1S/C17H25ClN2O3S/c1-24(22,23)20(16-10-8-14(18)9-11-16)13-12-17(21)19-15-6-4-2-3-5-7-15/h8-11,15H,2-7,12-13H2,1H3,(H,19,21). The normalized spacial score (nSPS) is 16.4. The zero-order valence-corrected chi connectivity index (χ0v) is 15.6. The molecule has 1 saturated carbocycles. The van der Waals surface area contributed by atoms with Crippen LogP contribution in [0.4, 0.5) is 5.69 Å². The lowest BCUT2D eigenvalue weighted by Crippen LogP contribution is -2.38. The maximum absolute atomic E-state index is 12.2. The van der Waals surface area contributed by atoms with Crippen LogP contribution in [0.25, 0.3) is 0 Å². The number of nitrogens with zero attached hydrogens (tertiary/aromatic N) is 1. The molecule has 24 heavy (non-hydrogen) atoms. The van der Waals surface area contributed by atoms with E-state index in [9.17, 15) is 13.2 Å². The maximum Gasteiger partial charge on any atom is 0.232 e. The Labute approximate surface area is 149 Å². The molecular formula is C17H25ClN2O3S. The smallest absolute Gasteiger partial charge is 0.232 e. The van der Waals surface area contributed by atoms with Crippen LogP contribution in [-0.4, -0.2) is 33.2 Å². The fourth-order valence-electron chi connectivity index (χ4n) is 3.02. The van der Waals surface area contributed by atoms with E-state index < -0.39 is 10.0 Å². The van der Waals surface area contributed by atoms with Crippen LogP contribution >= 0.6 is 11.6 Å². The lowest BCUT2D eigenvalue weighted by Gasteiger charge is -2.23. The van der Waals surface area contributed by atoms with Gasteiger partial charge in [0.2, 0.25) is 15.9 Å². The molecule has 0 atom stereocenters. The molecule has 1 N–H and O–H groups in total. The topological polar surface area (TPSA) is 66.5 Å². The van der Waals surface area contributed by atoms with E-state index in [2.05, 4.69) is 5.32 Å². The zero-order chi connectivity index (χ0) is 17.6. The van der Waals surface area contributed by atoms with Crippen molar-refractivity contribution in [2.24, 2.45) is 0 Å². The fraction of sp³-hybridized carbons (Fsp3) is 0.588. The van der Waals surface area contributed by atoms with Crippen LogP contribution in [-0.2, 0) is 14.8 Å². The third-order valence-corrected chi connectivity index (χ3v) is 5.72.